The second kappa shape index (κ2) is 10.7. The first-order chi connectivity index (χ1) is 11.9. The van der Waals surface area contributed by atoms with Crippen LogP contribution in [-0.2, 0) is 9.53 Å². The summed E-state index contributed by atoms with van der Waals surface area (Å²) in [7, 11) is 0. The van der Waals surface area contributed by atoms with Gasteiger partial charge in [-0.1, -0.05) is 36.8 Å². The Kier molecular flexibility index (Phi) is 8.95. The van der Waals surface area contributed by atoms with Crippen LogP contribution in [0, 0.1) is 5.92 Å². The first kappa shape index (κ1) is 20.9. The standard InChI is InChI=1S/C20H28O5/c1-4-14(13-15-7-10-16(21)11-8-15)9-12-18(22)17(5-2)19(23)20(24)25-6-3/h5,7-8,10-11,13,17-19,21-23H,2,4,6,9,12H2,1,3H3/b14-13+/t17-,18-,19+/m1/s1. The largest absolute Gasteiger partial charge is 0.508 e. The van der Waals surface area contributed by atoms with Gasteiger partial charge in [0.2, 0.25) is 0 Å². The van der Waals surface area contributed by atoms with Crippen molar-refractivity contribution in [3.8, 4) is 5.75 Å². The summed E-state index contributed by atoms with van der Waals surface area (Å²) < 4.78 is 4.79. The molecule has 0 radical (unpaired) electrons. The summed E-state index contributed by atoms with van der Waals surface area (Å²) >= 11 is 0. The van der Waals surface area contributed by atoms with E-state index in [1.807, 2.05) is 25.1 Å². The van der Waals surface area contributed by atoms with Crippen LogP contribution in [0.3, 0.4) is 0 Å². The minimum absolute atomic E-state index is 0.172. The van der Waals surface area contributed by atoms with E-state index in [0.29, 0.717) is 12.8 Å². The van der Waals surface area contributed by atoms with Crippen LogP contribution in [0.5, 0.6) is 5.75 Å². The summed E-state index contributed by atoms with van der Waals surface area (Å²) in [6.45, 7) is 7.46. The first-order valence-corrected chi connectivity index (χ1v) is 8.56. The Morgan fingerprint density at radius 3 is 2.40 bits per heavy atom. The van der Waals surface area contributed by atoms with Crippen molar-refractivity contribution in [1.82, 2.24) is 0 Å². The number of aliphatic hydroxyl groups is 2. The maximum absolute atomic E-state index is 11.6. The van der Waals surface area contributed by atoms with Crippen molar-refractivity contribution in [2.75, 3.05) is 6.61 Å². The zero-order valence-electron chi connectivity index (χ0n) is 14.9. The topological polar surface area (TPSA) is 87.0 Å². The van der Waals surface area contributed by atoms with Crippen LogP contribution in [0.4, 0.5) is 0 Å². The molecule has 1 rings (SSSR count). The highest BCUT2D eigenvalue weighted by molar-refractivity contribution is 5.75. The SMILES string of the molecule is C=C[C@H]([C@H](O)CC/C(=C/c1ccc(O)cc1)CC)[C@H](O)C(=O)OCC. The van der Waals surface area contributed by atoms with Gasteiger partial charge in [0, 0.05) is 5.92 Å². The van der Waals surface area contributed by atoms with Crippen molar-refractivity contribution in [2.45, 2.75) is 45.3 Å². The molecule has 1 aromatic rings. The molecule has 5 nitrogen and oxygen atoms in total. The Morgan fingerprint density at radius 2 is 1.88 bits per heavy atom. The predicted molar refractivity (Wildman–Crippen MR) is 97.9 cm³/mol. The number of ether oxygens (including phenoxy) is 1. The van der Waals surface area contributed by atoms with Gasteiger partial charge >= 0.3 is 5.97 Å². The zero-order chi connectivity index (χ0) is 18.8. The fraction of sp³-hybridized carbons (Fsp3) is 0.450. The first-order valence-electron chi connectivity index (χ1n) is 8.56. The van der Waals surface area contributed by atoms with E-state index in [4.69, 9.17) is 4.74 Å². The Morgan fingerprint density at radius 1 is 1.24 bits per heavy atom. The molecule has 1 aromatic carbocycles. The van der Waals surface area contributed by atoms with Gasteiger partial charge in [0.1, 0.15) is 5.75 Å². The van der Waals surface area contributed by atoms with Crippen LogP contribution >= 0.6 is 0 Å². The van der Waals surface area contributed by atoms with Crippen LogP contribution in [0.25, 0.3) is 6.08 Å². The van der Waals surface area contributed by atoms with E-state index in [0.717, 1.165) is 17.6 Å². The third-order valence-electron chi connectivity index (χ3n) is 4.09. The number of hydrogen-bond donors (Lipinski definition) is 3. The van der Waals surface area contributed by atoms with Crippen molar-refractivity contribution in [2.24, 2.45) is 5.92 Å². The number of rotatable bonds is 10. The van der Waals surface area contributed by atoms with Crippen molar-refractivity contribution in [1.29, 1.82) is 0 Å². The number of benzene rings is 1. The molecule has 0 unspecified atom stereocenters. The van der Waals surface area contributed by atoms with Gasteiger partial charge in [-0.05, 0) is 43.9 Å². The van der Waals surface area contributed by atoms with E-state index in [1.54, 1.807) is 19.1 Å². The average Bonchev–Trinajstić information content (AvgIpc) is 2.60. The molecule has 5 heteroatoms. The van der Waals surface area contributed by atoms with Crippen molar-refractivity contribution in [3.05, 3.63) is 48.1 Å². The summed E-state index contributed by atoms with van der Waals surface area (Å²) in [6.07, 6.45) is 2.92. The summed E-state index contributed by atoms with van der Waals surface area (Å²) in [5.41, 5.74) is 2.09. The third-order valence-corrected chi connectivity index (χ3v) is 4.09. The van der Waals surface area contributed by atoms with E-state index in [9.17, 15) is 20.1 Å². The number of phenolic OH excluding ortho intramolecular Hbond substituents is 1. The number of allylic oxidation sites excluding steroid dienone is 1. The molecule has 0 bridgehead atoms. The van der Waals surface area contributed by atoms with Gasteiger partial charge in [0.25, 0.3) is 0 Å². The predicted octanol–water partition coefficient (Wildman–Crippen LogP) is 3.05. The second-order valence-electron chi connectivity index (χ2n) is 5.86. The second-order valence-corrected chi connectivity index (χ2v) is 5.86. The lowest BCUT2D eigenvalue weighted by molar-refractivity contribution is -0.157. The van der Waals surface area contributed by atoms with Gasteiger partial charge in [-0.15, -0.1) is 6.58 Å². The number of aliphatic hydroxyl groups excluding tert-OH is 2. The number of phenols is 1. The maximum Gasteiger partial charge on any atom is 0.335 e. The van der Waals surface area contributed by atoms with Gasteiger partial charge in [-0.25, -0.2) is 4.79 Å². The molecule has 138 valence electrons. The molecule has 0 saturated heterocycles. The molecule has 3 atom stereocenters. The van der Waals surface area contributed by atoms with Crippen molar-refractivity contribution < 1.29 is 24.9 Å². The molecule has 0 fully saturated rings. The van der Waals surface area contributed by atoms with E-state index in [-0.39, 0.29) is 12.4 Å². The normalized spacial score (nSPS) is 15.3. The smallest absolute Gasteiger partial charge is 0.335 e. The highest BCUT2D eigenvalue weighted by atomic mass is 16.5. The van der Waals surface area contributed by atoms with Crippen LogP contribution < -0.4 is 0 Å². The Labute approximate surface area is 149 Å². The van der Waals surface area contributed by atoms with Crippen LogP contribution in [-0.4, -0.2) is 40.1 Å². The molecule has 0 spiro atoms. The number of aromatic hydroxyl groups is 1. The highest BCUT2D eigenvalue weighted by Crippen LogP contribution is 2.22. The van der Waals surface area contributed by atoms with E-state index >= 15 is 0 Å². The number of carbonyl (C=O) groups is 1. The Bertz CT molecular complexity index is 576. The number of carbonyl (C=O) groups excluding carboxylic acids is 1. The summed E-state index contributed by atoms with van der Waals surface area (Å²) in [5.74, 6) is -1.31. The molecule has 0 aliphatic heterocycles. The lowest BCUT2D eigenvalue weighted by Crippen LogP contribution is -2.37. The zero-order valence-corrected chi connectivity index (χ0v) is 14.9. The fourth-order valence-corrected chi connectivity index (χ4v) is 2.56. The van der Waals surface area contributed by atoms with Crippen molar-refractivity contribution >= 4 is 12.0 Å². The highest BCUT2D eigenvalue weighted by Gasteiger charge is 2.30. The van der Waals surface area contributed by atoms with E-state index < -0.39 is 24.1 Å². The van der Waals surface area contributed by atoms with Gasteiger partial charge in [-0.3, -0.25) is 0 Å². The maximum atomic E-state index is 11.6. The molecule has 3 N–H and O–H groups in total. The quantitative estimate of drug-likeness (QED) is 0.447. The fourth-order valence-electron chi connectivity index (χ4n) is 2.56. The molecule has 25 heavy (non-hydrogen) atoms. The van der Waals surface area contributed by atoms with Gasteiger partial charge in [0.15, 0.2) is 6.10 Å². The third kappa shape index (κ3) is 6.72. The lowest BCUT2D eigenvalue weighted by atomic mass is 9.90. The van der Waals surface area contributed by atoms with Crippen LogP contribution in [0.15, 0.2) is 42.5 Å². The van der Waals surface area contributed by atoms with Crippen molar-refractivity contribution in [3.63, 3.8) is 0 Å². The Hall–Kier alpha value is -2.11. The molecule has 0 aromatic heterocycles. The molecule has 0 amide bonds. The van der Waals surface area contributed by atoms with Crippen LogP contribution in [0.1, 0.15) is 38.7 Å². The monoisotopic (exact) mass is 348 g/mol. The van der Waals surface area contributed by atoms with E-state index in [2.05, 4.69) is 6.58 Å². The number of hydrogen-bond acceptors (Lipinski definition) is 5. The molecular weight excluding hydrogens is 320 g/mol. The van der Waals surface area contributed by atoms with Gasteiger partial charge < -0.3 is 20.1 Å². The van der Waals surface area contributed by atoms with E-state index in [1.165, 1.54) is 6.08 Å². The average molecular weight is 348 g/mol. The molecular formula is C20H28O5. The summed E-state index contributed by atoms with van der Waals surface area (Å²) in [4.78, 5) is 11.6. The van der Waals surface area contributed by atoms with Gasteiger partial charge in [-0.2, -0.15) is 0 Å². The minimum Gasteiger partial charge on any atom is -0.508 e. The minimum atomic E-state index is -1.42. The lowest BCUT2D eigenvalue weighted by Gasteiger charge is -2.23. The molecule has 0 heterocycles. The molecule has 0 aliphatic carbocycles. The molecule has 0 aliphatic rings. The molecule has 0 saturated carbocycles. The van der Waals surface area contributed by atoms with Gasteiger partial charge in [0.05, 0.1) is 12.7 Å². The summed E-state index contributed by atoms with van der Waals surface area (Å²) in [6, 6.07) is 6.88. The Balaban J connectivity index is 2.70. The summed E-state index contributed by atoms with van der Waals surface area (Å²) in [5, 5.41) is 29.7. The van der Waals surface area contributed by atoms with Crippen LogP contribution in [0.2, 0.25) is 0 Å². The number of esters is 1.